The van der Waals surface area contributed by atoms with Gasteiger partial charge in [-0.15, -0.1) is 0 Å². The Hall–Kier alpha value is -2.64. The van der Waals surface area contributed by atoms with Crippen LogP contribution in [0.1, 0.15) is 34.3 Å². The molecule has 1 aliphatic carbocycles. The summed E-state index contributed by atoms with van der Waals surface area (Å²) >= 11 is 0. The van der Waals surface area contributed by atoms with Gasteiger partial charge in [-0.05, 0) is 36.6 Å². The minimum atomic E-state index is -4.81. The second-order valence-electron chi connectivity index (χ2n) is 5.65. The lowest BCUT2D eigenvalue weighted by molar-refractivity contribution is -0.138. The molecule has 3 rings (SSSR count). The summed E-state index contributed by atoms with van der Waals surface area (Å²) in [5.41, 5.74) is -1.97. The van der Waals surface area contributed by atoms with Crippen molar-refractivity contribution in [3.63, 3.8) is 0 Å². The number of hydrogen-bond donors (Lipinski definition) is 1. The van der Waals surface area contributed by atoms with E-state index in [9.17, 15) is 22.8 Å². The molecule has 0 aromatic carbocycles. The normalized spacial score (nSPS) is 14.5. The lowest BCUT2D eigenvalue weighted by atomic mass is 10.1. The summed E-state index contributed by atoms with van der Waals surface area (Å²) in [5, 5.41) is 0. The summed E-state index contributed by atoms with van der Waals surface area (Å²) in [4.78, 5) is 31.4. The van der Waals surface area contributed by atoms with Gasteiger partial charge in [0.05, 0.1) is 5.56 Å². The first-order valence-electron chi connectivity index (χ1n) is 7.36. The fraction of sp³-hybridized carbons (Fsp3) is 0.312. The maximum absolute atomic E-state index is 12.9. The molecule has 24 heavy (non-hydrogen) atoms. The second kappa shape index (κ2) is 6.10. The number of alkyl halides is 3. The van der Waals surface area contributed by atoms with Crippen LogP contribution in [-0.2, 0) is 12.7 Å². The van der Waals surface area contributed by atoms with E-state index >= 15 is 0 Å². The molecule has 0 bridgehead atoms. The SMILES string of the molecule is O=C(c1c[nH]c(=O)c(C(F)(F)F)c1)N(Cc1ccncc1)C1CC1. The van der Waals surface area contributed by atoms with Crippen LogP contribution in [0.15, 0.2) is 41.6 Å². The number of carbonyl (C=O) groups is 1. The molecule has 0 spiro atoms. The van der Waals surface area contributed by atoms with Crippen LogP contribution in [0.4, 0.5) is 13.2 Å². The minimum absolute atomic E-state index is 0.00642. The Labute approximate surface area is 135 Å². The molecule has 126 valence electrons. The predicted molar refractivity (Wildman–Crippen MR) is 79.2 cm³/mol. The van der Waals surface area contributed by atoms with E-state index in [4.69, 9.17) is 0 Å². The van der Waals surface area contributed by atoms with Gasteiger partial charge >= 0.3 is 6.18 Å². The molecule has 0 atom stereocenters. The Morgan fingerprint density at radius 1 is 1.29 bits per heavy atom. The fourth-order valence-electron chi connectivity index (χ4n) is 2.42. The van der Waals surface area contributed by atoms with Gasteiger partial charge < -0.3 is 9.88 Å². The smallest absolute Gasteiger partial charge is 0.331 e. The molecule has 2 aromatic heterocycles. The molecule has 0 radical (unpaired) electrons. The van der Waals surface area contributed by atoms with Gasteiger partial charge in [-0.25, -0.2) is 0 Å². The first-order chi connectivity index (χ1) is 11.4. The molecule has 0 saturated heterocycles. The van der Waals surface area contributed by atoms with E-state index in [1.165, 1.54) is 4.90 Å². The van der Waals surface area contributed by atoms with Crippen LogP contribution in [-0.4, -0.2) is 26.8 Å². The molecule has 8 heteroatoms. The number of H-pyrrole nitrogens is 1. The van der Waals surface area contributed by atoms with Gasteiger partial charge in [0, 0.05) is 31.2 Å². The van der Waals surface area contributed by atoms with E-state index in [0.717, 1.165) is 24.6 Å². The van der Waals surface area contributed by atoms with Crippen LogP contribution in [0, 0.1) is 0 Å². The number of rotatable bonds is 4. The summed E-state index contributed by atoms with van der Waals surface area (Å²) < 4.78 is 38.6. The average Bonchev–Trinajstić information content (AvgIpc) is 3.37. The number of aromatic amines is 1. The third-order valence-corrected chi connectivity index (χ3v) is 3.81. The quantitative estimate of drug-likeness (QED) is 0.933. The van der Waals surface area contributed by atoms with Crippen molar-refractivity contribution < 1.29 is 18.0 Å². The van der Waals surface area contributed by atoms with Crippen LogP contribution >= 0.6 is 0 Å². The molecule has 1 saturated carbocycles. The molecule has 1 amide bonds. The Morgan fingerprint density at radius 3 is 2.54 bits per heavy atom. The van der Waals surface area contributed by atoms with Crippen molar-refractivity contribution in [1.82, 2.24) is 14.9 Å². The molecule has 0 unspecified atom stereocenters. The minimum Gasteiger partial charge on any atom is -0.331 e. The largest absolute Gasteiger partial charge is 0.421 e. The van der Waals surface area contributed by atoms with E-state index in [1.807, 2.05) is 4.98 Å². The summed E-state index contributed by atoms with van der Waals surface area (Å²) in [6, 6.07) is 4.11. The van der Waals surface area contributed by atoms with E-state index in [1.54, 1.807) is 24.5 Å². The third kappa shape index (κ3) is 3.47. The van der Waals surface area contributed by atoms with Gasteiger partial charge in [-0.3, -0.25) is 14.6 Å². The van der Waals surface area contributed by atoms with Gasteiger partial charge in [0.15, 0.2) is 0 Å². The first kappa shape index (κ1) is 16.2. The number of amides is 1. The number of carbonyl (C=O) groups excluding carboxylic acids is 1. The van der Waals surface area contributed by atoms with Crippen molar-refractivity contribution >= 4 is 5.91 Å². The highest BCUT2D eigenvalue weighted by molar-refractivity contribution is 5.94. The van der Waals surface area contributed by atoms with E-state index in [0.29, 0.717) is 6.07 Å². The number of halogens is 3. The molecule has 2 heterocycles. The second-order valence-corrected chi connectivity index (χ2v) is 5.65. The fourth-order valence-corrected chi connectivity index (χ4v) is 2.42. The van der Waals surface area contributed by atoms with Crippen LogP contribution in [0.2, 0.25) is 0 Å². The molecular weight excluding hydrogens is 323 g/mol. The molecule has 1 N–H and O–H groups in total. The predicted octanol–water partition coefficient (Wildman–Crippen LogP) is 2.59. The maximum atomic E-state index is 12.9. The zero-order valence-corrected chi connectivity index (χ0v) is 12.5. The highest BCUT2D eigenvalue weighted by atomic mass is 19.4. The third-order valence-electron chi connectivity index (χ3n) is 3.81. The van der Waals surface area contributed by atoms with E-state index < -0.39 is 23.2 Å². The lowest BCUT2D eigenvalue weighted by Crippen LogP contribution is -2.33. The number of hydrogen-bond acceptors (Lipinski definition) is 3. The van der Waals surface area contributed by atoms with Crippen LogP contribution < -0.4 is 5.56 Å². The van der Waals surface area contributed by atoms with Crippen molar-refractivity contribution in [2.45, 2.75) is 31.6 Å². The Balaban J connectivity index is 1.90. The Kier molecular flexibility index (Phi) is 4.13. The maximum Gasteiger partial charge on any atom is 0.421 e. The van der Waals surface area contributed by atoms with Crippen LogP contribution in [0.5, 0.6) is 0 Å². The summed E-state index contributed by atoms with van der Waals surface area (Å²) in [6.07, 6.45) is 1.03. The van der Waals surface area contributed by atoms with Crippen LogP contribution in [0.3, 0.4) is 0 Å². The van der Waals surface area contributed by atoms with Gasteiger partial charge in [-0.2, -0.15) is 13.2 Å². The van der Waals surface area contributed by atoms with Gasteiger partial charge in [-0.1, -0.05) is 0 Å². The zero-order valence-electron chi connectivity index (χ0n) is 12.5. The Bertz CT molecular complexity index is 798. The molecule has 1 fully saturated rings. The van der Waals surface area contributed by atoms with Crippen molar-refractivity contribution in [3.8, 4) is 0 Å². The van der Waals surface area contributed by atoms with E-state index in [-0.39, 0.29) is 18.2 Å². The van der Waals surface area contributed by atoms with Crippen LogP contribution in [0.25, 0.3) is 0 Å². The molecule has 1 aliphatic rings. The monoisotopic (exact) mass is 337 g/mol. The first-order valence-corrected chi connectivity index (χ1v) is 7.36. The van der Waals surface area contributed by atoms with Crippen molar-refractivity contribution in [2.24, 2.45) is 0 Å². The molecule has 0 aliphatic heterocycles. The van der Waals surface area contributed by atoms with Gasteiger partial charge in [0.2, 0.25) is 0 Å². The van der Waals surface area contributed by atoms with Crippen molar-refractivity contribution in [1.29, 1.82) is 0 Å². The van der Waals surface area contributed by atoms with Gasteiger partial charge in [0.25, 0.3) is 11.5 Å². The van der Waals surface area contributed by atoms with Crippen molar-refractivity contribution in [3.05, 3.63) is 63.8 Å². The topological polar surface area (TPSA) is 66.1 Å². The highest BCUT2D eigenvalue weighted by Gasteiger charge is 2.37. The van der Waals surface area contributed by atoms with Crippen molar-refractivity contribution in [2.75, 3.05) is 0 Å². The highest BCUT2D eigenvalue weighted by Crippen LogP contribution is 2.31. The lowest BCUT2D eigenvalue weighted by Gasteiger charge is -2.23. The number of nitrogens with zero attached hydrogens (tertiary/aromatic N) is 2. The average molecular weight is 337 g/mol. The number of nitrogens with one attached hydrogen (secondary N) is 1. The van der Waals surface area contributed by atoms with E-state index in [2.05, 4.69) is 4.98 Å². The molecule has 2 aromatic rings. The standard InChI is InChI=1S/C16H14F3N3O2/c17-16(18,19)13-7-11(8-21-14(13)23)15(24)22(12-1-2-12)9-10-3-5-20-6-4-10/h3-8,12H,1-2,9H2,(H,21,23). The van der Waals surface area contributed by atoms with Gasteiger partial charge in [0.1, 0.15) is 5.56 Å². The summed E-state index contributed by atoms with van der Waals surface area (Å²) in [7, 11) is 0. The summed E-state index contributed by atoms with van der Waals surface area (Å²) in [5.74, 6) is -0.531. The zero-order chi connectivity index (χ0) is 17.3. The molecule has 5 nitrogen and oxygen atoms in total. The Morgan fingerprint density at radius 2 is 1.96 bits per heavy atom. The summed E-state index contributed by atoms with van der Waals surface area (Å²) in [6.45, 7) is 0.284. The molecular formula is C16H14F3N3O2. The number of aromatic nitrogens is 2. The number of pyridine rings is 2.